The predicted octanol–water partition coefficient (Wildman–Crippen LogP) is 4.53. The summed E-state index contributed by atoms with van der Waals surface area (Å²) in [5.41, 5.74) is 2.06. The molecule has 3 aromatic rings. The topological polar surface area (TPSA) is 104 Å². The van der Waals surface area contributed by atoms with Crippen molar-refractivity contribution in [1.82, 2.24) is 20.2 Å². The van der Waals surface area contributed by atoms with Gasteiger partial charge in [0.1, 0.15) is 11.9 Å². The number of carbonyl (C=O) groups is 3. The summed E-state index contributed by atoms with van der Waals surface area (Å²) >= 11 is 12.4. The number of nitrogens with one attached hydrogen (secondary N) is 2. The van der Waals surface area contributed by atoms with Gasteiger partial charge in [0.05, 0.1) is 34.3 Å². The average Bonchev–Trinajstić information content (AvgIpc) is 3.45. The summed E-state index contributed by atoms with van der Waals surface area (Å²) in [6.07, 6.45) is 1.26. The molecule has 34 heavy (non-hydrogen) atoms. The van der Waals surface area contributed by atoms with E-state index in [4.69, 9.17) is 27.9 Å². The number of amides is 2. The fraction of sp³-hybridized carbons (Fsp3) is 0.333. The Morgan fingerprint density at radius 1 is 1.24 bits per heavy atom. The van der Waals surface area contributed by atoms with Crippen LogP contribution in [-0.2, 0) is 9.53 Å². The van der Waals surface area contributed by atoms with Crippen LogP contribution in [0.1, 0.15) is 59.3 Å². The molecule has 2 heterocycles. The molecule has 8 nitrogen and oxygen atoms in total. The summed E-state index contributed by atoms with van der Waals surface area (Å²) in [5.74, 6) is -0.552. The first-order valence-corrected chi connectivity index (χ1v) is 11.8. The van der Waals surface area contributed by atoms with E-state index in [1.165, 1.54) is 23.1 Å². The van der Waals surface area contributed by atoms with E-state index < -0.39 is 18.1 Å². The van der Waals surface area contributed by atoms with Crippen LogP contribution in [0, 0.1) is 0 Å². The molecule has 10 heteroatoms. The second kappa shape index (κ2) is 10.0. The van der Waals surface area contributed by atoms with Crippen LogP contribution in [0.2, 0.25) is 10.0 Å². The average molecular weight is 503 g/mol. The number of hydrogen-bond donors (Lipinski definition) is 2. The maximum absolute atomic E-state index is 13.1. The van der Waals surface area contributed by atoms with E-state index in [9.17, 15) is 14.4 Å². The summed E-state index contributed by atoms with van der Waals surface area (Å²) in [4.78, 5) is 47.2. The summed E-state index contributed by atoms with van der Waals surface area (Å²) in [6.45, 7) is 4.23. The van der Waals surface area contributed by atoms with Crippen molar-refractivity contribution in [2.75, 3.05) is 13.2 Å². The van der Waals surface area contributed by atoms with Gasteiger partial charge in [-0.15, -0.1) is 0 Å². The van der Waals surface area contributed by atoms with Crippen LogP contribution in [0.4, 0.5) is 0 Å². The number of aromatic amines is 1. The smallest absolute Gasteiger partial charge is 0.328 e. The number of H-pyrrole nitrogens is 1. The Balaban J connectivity index is 1.47. The van der Waals surface area contributed by atoms with Gasteiger partial charge in [0.15, 0.2) is 0 Å². The second-order valence-electron chi connectivity index (χ2n) is 8.08. The van der Waals surface area contributed by atoms with E-state index in [-0.39, 0.29) is 29.0 Å². The van der Waals surface area contributed by atoms with Gasteiger partial charge in [-0.05, 0) is 63.1 Å². The fourth-order valence-corrected chi connectivity index (χ4v) is 4.46. The number of esters is 1. The van der Waals surface area contributed by atoms with Gasteiger partial charge < -0.3 is 19.9 Å². The number of aromatic nitrogens is 2. The van der Waals surface area contributed by atoms with E-state index in [0.717, 1.165) is 5.52 Å². The first-order valence-electron chi connectivity index (χ1n) is 11.0. The number of ether oxygens (including phenoxy) is 1. The van der Waals surface area contributed by atoms with Crippen LogP contribution in [0.3, 0.4) is 0 Å². The molecule has 1 aliphatic rings. The number of hydrogen-bond acceptors (Lipinski definition) is 5. The van der Waals surface area contributed by atoms with Crippen molar-refractivity contribution in [2.45, 2.75) is 38.8 Å². The number of imidazole rings is 1. The quantitative estimate of drug-likeness (QED) is 0.481. The molecular formula is C24H24Cl2N4O4. The van der Waals surface area contributed by atoms with E-state index in [2.05, 4.69) is 15.3 Å². The highest BCUT2D eigenvalue weighted by Gasteiger charge is 2.36. The van der Waals surface area contributed by atoms with E-state index in [1.807, 2.05) is 6.07 Å². The molecule has 4 rings (SSSR count). The molecule has 0 bridgehead atoms. The lowest BCUT2D eigenvalue weighted by molar-refractivity contribution is -0.147. The molecule has 0 radical (unpaired) electrons. The van der Waals surface area contributed by atoms with E-state index in [1.54, 1.807) is 26.0 Å². The highest BCUT2D eigenvalue weighted by atomic mass is 35.5. The van der Waals surface area contributed by atoms with Gasteiger partial charge in [-0.1, -0.05) is 23.2 Å². The van der Waals surface area contributed by atoms with Crippen molar-refractivity contribution in [2.24, 2.45) is 0 Å². The van der Waals surface area contributed by atoms with Crippen LogP contribution >= 0.6 is 23.2 Å². The van der Waals surface area contributed by atoms with Gasteiger partial charge in [-0.3, -0.25) is 9.59 Å². The Kier molecular flexibility index (Phi) is 7.09. The Labute approximate surface area is 206 Å². The molecule has 0 saturated carbocycles. The summed E-state index contributed by atoms with van der Waals surface area (Å²) in [7, 11) is 0. The van der Waals surface area contributed by atoms with Crippen molar-refractivity contribution in [3.05, 3.63) is 63.4 Å². The van der Waals surface area contributed by atoms with Crippen LogP contribution in [0.25, 0.3) is 11.0 Å². The van der Waals surface area contributed by atoms with Crippen LogP contribution < -0.4 is 5.32 Å². The summed E-state index contributed by atoms with van der Waals surface area (Å²) in [6, 6.07) is 8.79. The molecule has 0 unspecified atom stereocenters. The first kappa shape index (κ1) is 24.0. The lowest BCUT2D eigenvalue weighted by atomic mass is 10.1. The van der Waals surface area contributed by atoms with Gasteiger partial charge in [0, 0.05) is 17.1 Å². The molecule has 1 saturated heterocycles. The Hall–Kier alpha value is -3.10. The first-order chi connectivity index (χ1) is 16.3. The molecule has 2 aromatic carbocycles. The number of nitrogens with zero attached hydrogens (tertiary/aromatic N) is 2. The number of carbonyl (C=O) groups excluding carboxylic acids is 3. The van der Waals surface area contributed by atoms with Gasteiger partial charge in [0.2, 0.25) is 0 Å². The van der Waals surface area contributed by atoms with Crippen molar-refractivity contribution in [3.8, 4) is 0 Å². The molecule has 0 aliphatic carbocycles. The second-order valence-corrected chi connectivity index (χ2v) is 8.93. The van der Waals surface area contributed by atoms with Gasteiger partial charge >= 0.3 is 5.97 Å². The summed E-state index contributed by atoms with van der Waals surface area (Å²) in [5, 5.41) is 3.59. The van der Waals surface area contributed by atoms with E-state index >= 15 is 0 Å². The van der Waals surface area contributed by atoms with Gasteiger partial charge in [-0.25, -0.2) is 9.78 Å². The van der Waals surface area contributed by atoms with Crippen LogP contribution in [-0.4, -0.2) is 51.8 Å². The lowest BCUT2D eigenvalue weighted by Gasteiger charge is -2.23. The number of benzene rings is 2. The Morgan fingerprint density at radius 3 is 2.76 bits per heavy atom. The molecule has 178 valence electrons. The zero-order valence-electron chi connectivity index (χ0n) is 18.7. The lowest BCUT2D eigenvalue weighted by Crippen LogP contribution is -2.41. The largest absolute Gasteiger partial charge is 0.464 e. The van der Waals surface area contributed by atoms with Gasteiger partial charge in [-0.2, -0.15) is 0 Å². The molecule has 1 aromatic heterocycles. The van der Waals surface area contributed by atoms with Crippen LogP contribution in [0.5, 0.6) is 0 Å². The predicted molar refractivity (Wildman–Crippen MR) is 129 cm³/mol. The third-order valence-electron chi connectivity index (χ3n) is 5.76. The van der Waals surface area contributed by atoms with Crippen molar-refractivity contribution in [3.63, 3.8) is 0 Å². The third kappa shape index (κ3) is 4.88. The minimum atomic E-state index is -0.619. The van der Waals surface area contributed by atoms with Crippen molar-refractivity contribution < 1.29 is 19.1 Å². The number of likely N-dealkylation sites (tertiary alicyclic amines) is 1. The SMILES string of the molecule is CCOC(=O)[C@@H]1CCCN1C(=O)c1ccc(C(=O)N[C@H](C)c2nc3cc(Cl)ccc3[nH]2)cc1Cl. The third-order valence-corrected chi connectivity index (χ3v) is 6.30. The normalized spacial score (nSPS) is 16.5. The molecule has 1 aliphatic heterocycles. The van der Waals surface area contributed by atoms with Crippen molar-refractivity contribution in [1.29, 1.82) is 0 Å². The molecule has 1 fully saturated rings. The Morgan fingerprint density at radius 2 is 2.03 bits per heavy atom. The maximum Gasteiger partial charge on any atom is 0.328 e. The monoisotopic (exact) mass is 502 g/mol. The zero-order chi connectivity index (χ0) is 24.4. The van der Waals surface area contributed by atoms with Crippen LogP contribution in [0.15, 0.2) is 36.4 Å². The number of rotatable bonds is 6. The highest BCUT2D eigenvalue weighted by molar-refractivity contribution is 6.34. The molecular weight excluding hydrogens is 479 g/mol. The number of halogens is 2. The zero-order valence-corrected chi connectivity index (χ0v) is 20.2. The standard InChI is InChI=1S/C24H24Cl2N4O4/c1-3-34-24(33)20-5-4-10-30(20)23(32)16-8-6-14(11-17(16)26)22(31)27-13(2)21-28-18-9-7-15(25)12-19(18)29-21/h6-9,11-13,20H,3-5,10H2,1-2H3,(H,27,31)(H,28,29)/t13-,20+/m1/s1. The molecule has 0 spiro atoms. The minimum Gasteiger partial charge on any atom is -0.464 e. The van der Waals surface area contributed by atoms with Crippen molar-refractivity contribution >= 4 is 52.0 Å². The fourth-order valence-electron chi connectivity index (χ4n) is 4.03. The maximum atomic E-state index is 13.1. The minimum absolute atomic E-state index is 0.137. The van der Waals surface area contributed by atoms with Gasteiger partial charge in [0.25, 0.3) is 11.8 Å². The molecule has 2 amide bonds. The highest BCUT2D eigenvalue weighted by Crippen LogP contribution is 2.26. The molecule has 2 N–H and O–H groups in total. The van der Waals surface area contributed by atoms with E-state index in [0.29, 0.717) is 41.3 Å². The number of fused-ring (bicyclic) bond motifs is 1. The Bertz CT molecular complexity index is 1260. The molecule has 2 atom stereocenters. The summed E-state index contributed by atoms with van der Waals surface area (Å²) < 4.78 is 5.09.